The minimum atomic E-state index is -0.511. The van der Waals surface area contributed by atoms with Gasteiger partial charge in [0.1, 0.15) is 11.6 Å². The highest BCUT2D eigenvalue weighted by molar-refractivity contribution is 5.92. The van der Waals surface area contributed by atoms with Gasteiger partial charge in [-0.1, -0.05) is 29.8 Å². The molecule has 19 heavy (non-hydrogen) atoms. The van der Waals surface area contributed by atoms with Crippen molar-refractivity contribution in [3.63, 3.8) is 0 Å². The van der Waals surface area contributed by atoms with Crippen LogP contribution in [-0.2, 0) is 11.3 Å². The minimum absolute atomic E-state index is 0.174. The number of benzene rings is 1. The molecule has 0 saturated carbocycles. The van der Waals surface area contributed by atoms with Gasteiger partial charge in [-0.3, -0.25) is 0 Å². The lowest BCUT2D eigenvalue weighted by Crippen LogP contribution is -2.09. The molecule has 0 bridgehead atoms. The molecule has 1 aromatic carbocycles. The maximum atomic E-state index is 11.5. The van der Waals surface area contributed by atoms with E-state index in [4.69, 9.17) is 5.73 Å². The van der Waals surface area contributed by atoms with Crippen molar-refractivity contribution in [1.29, 1.82) is 0 Å². The van der Waals surface area contributed by atoms with E-state index in [1.807, 2.05) is 32.0 Å². The second kappa shape index (κ2) is 5.14. The first-order valence-electron chi connectivity index (χ1n) is 5.99. The smallest absolute Gasteiger partial charge is 0.360 e. The molecule has 0 amide bonds. The molecule has 100 valence electrons. The van der Waals surface area contributed by atoms with Crippen LogP contribution in [0.2, 0.25) is 0 Å². The molecule has 0 atom stereocenters. The fourth-order valence-electron chi connectivity index (χ4n) is 2.02. The molecule has 0 saturated heterocycles. The highest BCUT2D eigenvalue weighted by Gasteiger charge is 2.19. The van der Waals surface area contributed by atoms with Crippen LogP contribution >= 0.6 is 0 Å². The predicted octanol–water partition coefficient (Wildman–Crippen LogP) is 1.92. The van der Waals surface area contributed by atoms with Crippen molar-refractivity contribution in [2.75, 3.05) is 12.8 Å². The van der Waals surface area contributed by atoms with E-state index in [9.17, 15) is 4.79 Å². The summed E-state index contributed by atoms with van der Waals surface area (Å²) in [5, 5.41) is 0. The van der Waals surface area contributed by atoms with Crippen LogP contribution in [0.15, 0.2) is 24.3 Å². The Morgan fingerprint density at radius 3 is 2.79 bits per heavy atom. The lowest BCUT2D eigenvalue weighted by atomic mass is 10.1. The fourth-order valence-corrected chi connectivity index (χ4v) is 2.02. The first-order valence-corrected chi connectivity index (χ1v) is 5.99. The van der Waals surface area contributed by atoms with Crippen LogP contribution in [0.3, 0.4) is 0 Å². The fraction of sp³-hybridized carbons (Fsp3) is 0.286. The van der Waals surface area contributed by atoms with Gasteiger partial charge in [0.15, 0.2) is 5.69 Å². The van der Waals surface area contributed by atoms with Gasteiger partial charge < -0.3 is 15.0 Å². The number of aryl methyl sites for hydroxylation is 2. The summed E-state index contributed by atoms with van der Waals surface area (Å²) in [6.45, 7) is 4.44. The zero-order valence-electron chi connectivity index (χ0n) is 11.3. The molecule has 2 N–H and O–H groups in total. The number of imidazole rings is 1. The van der Waals surface area contributed by atoms with E-state index in [0.29, 0.717) is 18.2 Å². The molecule has 0 unspecified atom stereocenters. The van der Waals surface area contributed by atoms with E-state index >= 15 is 0 Å². The molecule has 5 nitrogen and oxygen atoms in total. The Kier molecular flexibility index (Phi) is 3.55. The van der Waals surface area contributed by atoms with Crippen LogP contribution in [-0.4, -0.2) is 22.6 Å². The maximum absolute atomic E-state index is 11.5. The average Bonchev–Trinajstić information content (AvgIpc) is 2.66. The number of anilines is 1. The maximum Gasteiger partial charge on any atom is 0.360 e. The van der Waals surface area contributed by atoms with Crippen LogP contribution in [0, 0.1) is 13.8 Å². The van der Waals surface area contributed by atoms with E-state index in [2.05, 4.69) is 15.8 Å². The van der Waals surface area contributed by atoms with E-state index in [1.165, 1.54) is 12.7 Å². The Hall–Kier alpha value is -2.30. The Morgan fingerprint density at radius 2 is 2.16 bits per heavy atom. The lowest BCUT2D eigenvalue weighted by molar-refractivity contribution is 0.0595. The van der Waals surface area contributed by atoms with Crippen molar-refractivity contribution in [2.45, 2.75) is 20.4 Å². The van der Waals surface area contributed by atoms with Crippen molar-refractivity contribution in [1.82, 2.24) is 9.55 Å². The van der Waals surface area contributed by atoms with E-state index < -0.39 is 5.97 Å². The summed E-state index contributed by atoms with van der Waals surface area (Å²) >= 11 is 0. The van der Waals surface area contributed by atoms with Gasteiger partial charge in [-0.2, -0.15) is 0 Å². The predicted molar refractivity (Wildman–Crippen MR) is 73.0 cm³/mol. The molecule has 1 heterocycles. The molecule has 2 rings (SSSR count). The summed E-state index contributed by atoms with van der Waals surface area (Å²) in [5.41, 5.74) is 8.44. The number of nitrogens with two attached hydrogens (primary N) is 1. The highest BCUT2D eigenvalue weighted by Crippen LogP contribution is 2.17. The standard InChI is InChI=1S/C14H17N3O2/c1-9-5-4-6-11(7-9)8-17-10(2)16-12(13(17)15)14(18)19-3/h4-7H,8,15H2,1-3H3. The number of esters is 1. The number of rotatable bonds is 3. The summed E-state index contributed by atoms with van der Waals surface area (Å²) in [5.74, 6) is 0.522. The number of carbonyl (C=O) groups is 1. The summed E-state index contributed by atoms with van der Waals surface area (Å²) in [4.78, 5) is 15.7. The van der Waals surface area contributed by atoms with Gasteiger partial charge in [-0.25, -0.2) is 9.78 Å². The second-order valence-electron chi connectivity index (χ2n) is 4.46. The van der Waals surface area contributed by atoms with Crippen LogP contribution in [0.1, 0.15) is 27.4 Å². The summed E-state index contributed by atoms with van der Waals surface area (Å²) < 4.78 is 6.47. The van der Waals surface area contributed by atoms with Crippen molar-refractivity contribution in [3.05, 3.63) is 46.9 Å². The SMILES string of the molecule is COC(=O)c1nc(C)n(Cc2cccc(C)c2)c1N. The van der Waals surface area contributed by atoms with Crippen molar-refractivity contribution >= 4 is 11.8 Å². The largest absolute Gasteiger partial charge is 0.464 e. The number of nitrogens with zero attached hydrogens (tertiary/aromatic N) is 2. The van der Waals surface area contributed by atoms with Crippen molar-refractivity contribution in [2.24, 2.45) is 0 Å². The van der Waals surface area contributed by atoms with E-state index in [1.54, 1.807) is 4.57 Å². The van der Waals surface area contributed by atoms with Gasteiger partial charge in [0.25, 0.3) is 0 Å². The number of nitrogen functional groups attached to an aromatic ring is 1. The number of hydrogen-bond donors (Lipinski definition) is 1. The minimum Gasteiger partial charge on any atom is -0.464 e. The Labute approximate surface area is 112 Å². The van der Waals surface area contributed by atoms with Crippen LogP contribution in [0.5, 0.6) is 0 Å². The van der Waals surface area contributed by atoms with Crippen molar-refractivity contribution in [3.8, 4) is 0 Å². The quantitative estimate of drug-likeness (QED) is 0.855. The van der Waals surface area contributed by atoms with Gasteiger partial charge in [-0.05, 0) is 19.4 Å². The number of aromatic nitrogens is 2. The second-order valence-corrected chi connectivity index (χ2v) is 4.46. The van der Waals surface area contributed by atoms with Gasteiger partial charge in [0.05, 0.1) is 13.7 Å². The molecule has 0 aliphatic rings. The molecule has 0 radical (unpaired) electrons. The molecule has 0 fully saturated rings. The molecule has 0 spiro atoms. The van der Waals surface area contributed by atoms with Gasteiger partial charge in [0, 0.05) is 0 Å². The third kappa shape index (κ3) is 2.59. The van der Waals surface area contributed by atoms with Crippen molar-refractivity contribution < 1.29 is 9.53 Å². The lowest BCUT2D eigenvalue weighted by Gasteiger charge is -2.08. The Bertz CT molecular complexity index is 617. The first-order chi connectivity index (χ1) is 9.02. The summed E-state index contributed by atoms with van der Waals surface area (Å²) in [6.07, 6.45) is 0. The van der Waals surface area contributed by atoms with Gasteiger partial charge in [0.2, 0.25) is 0 Å². The average molecular weight is 259 g/mol. The van der Waals surface area contributed by atoms with Gasteiger partial charge >= 0.3 is 5.97 Å². The van der Waals surface area contributed by atoms with Crippen LogP contribution in [0.25, 0.3) is 0 Å². The molecule has 0 aliphatic carbocycles. The third-order valence-electron chi connectivity index (χ3n) is 3.00. The normalized spacial score (nSPS) is 10.5. The number of hydrogen-bond acceptors (Lipinski definition) is 4. The van der Waals surface area contributed by atoms with Gasteiger partial charge in [-0.15, -0.1) is 0 Å². The zero-order chi connectivity index (χ0) is 14.0. The summed E-state index contributed by atoms with van der Waals surface area (Å²) in [7, 11) is 1.32. The number of methoxy groups -OCH3 is 1. The summed E-state index contributed by atoms with van der Waals surface area (Å²) in [6, 6.07) is 8.13. The molecular formula is C14H17N3O2. The van der Waals surface area contributed by atoms with Crippen LogP contribution in [0.4, 0.5) is 5.82 Å². The Balaban J connectivity index is 2.36. The third-order valence-corrected chi connectivity index (χ3v) is 3.00. The molecule has 0 aliphatic heterocycles. The number of ether oxygens (including phenoxy) is 1. The zero-order valence-corrected chi connectivity index (χ0v) is 11.3. The molecular weight excluding hydrogens is 242 g/mol. The topological polar surface area (TPSA) is 70.1 Å². The highest BCUT2D eigenvalue weighted by atomic mass is 16.5. The Morgan fingerprint density at radius 1 is 1.42 bits per heavy atom. The van der Waals surface area contributed by atoms with Crippen LogP contribution < -0.4 is 5.73 Å². The molecule has 1 aromatic heterocycles. The monoisotopic (exact) mass is 259 g/mol. The van der Waals surface area contributed by atoms with E-state index in [-0.39, 0.29) is 5.69 Å². The molecule has 2 aromatic rings. The first kappa shape index (κ1) is 13.1. The molecule has 5 heteroatoms. The van der Waals surface area contributed by atoms with E-state index in [0.717, 1.165) is 5.56 Å². The number of carbonyl (C=O) groups excluding carboxylic acids is 1.